The van der Waals surface area contributed by atoms with Crippen LogP contribution in [0.5, 0.6) is 0 Å². The molecule has 1 aromatic rings. The first-order valence-electron chi connectivity index (χ1n) is 6.40. The fraction of sp³-hybridized carbons (Fsp3) is 0.769. The molecule has 0 amide bonds. The minimum atomic E-state index is 0.425. The minimum Gasteiger partial charge on any atom is -0.310 e. The van der Waals surface area contributed by atoms with Crippen LogP contribution < -0.4 is 5.32 Å². The average molecular weight is 221 g/mol. The van der Waals surface area contributed by atoms with Crippen molar-refractivity contribution in [3.63, 3.8) is 0 Å². The van der Waals surface area contributed by atoms with E-state index in [-0.39, 0.29) is 0 Å². The van der Waals surface area contributed by atoms with Crippen LogP contribution in [0.15, 0.2) is 6.20 Å². The van der Waals surface area contributed by atoms with Gasteiger partial charge in [-0.3, -0.25) is 4.68 Å². The third kappa shape index (κ3) is 2.46. The number of rotatable bonds is 4. The summed E-state index contributed by atoms with van der Waals surface area (Å²) in [5.74, 6) is 0.902. The number of hydrogen-bond acceptors (Lipinski definition) is 2. The first-order valence-corrected chi connectivity index (χ1v) is 6.40. The molecule has 2 rings (SSSR count). The lowest BCUT2D eigenvalue weighted by Gasteiger charge is -2.16. The van der Waals surface area contributed by atoms with E-state index < -0.39 is 0 Å². The van der Waals surface area contributed by atoms with Crippen molar-refractivity contribution >= 4 is 0 Å². The van der Waals surface area contributed by atoms with Gasteiger partial charge >= 0.3 is 0 Å². The van der Waals surface area contributed by atoms with Crippen LogP contribution in [-0.4, -0.2) is 16.3 Å². The van der Waals surface area contributed by atoms with Crippen molar-refractivity contribution in [1.29, 1.82) is 0 Å². The zero-order chi connectivity index (χ0) is 11.5. The minimum absolute atomic E-state index is 0.425. The Morgan fingerprint density at radius 2 is 2.19 bits per heavy atom. The van der Waals surface area contributed by atoms with Gasteiger partial charge in [0.2, 0.25) is 0 Å². The Kier molecular flexibility index (Phi) is 3.64. The first-order chi connectivity index (χ1) is 7.68. The molecule has 1 atom stereocenters. The second-order valence-corrected chi connectivity index (χ2v) is 5.09. The molecule has 3 nitrogen and oxygen atoms in total. The highest BCUT2D eigenvalue weighted by atomic mass is 15.3. The zero-order valence-electron chi connectivity index (χ0n) is 10.7. The molecule has 90 valence electrons. The molecule has 1 fully saturated rings. The van der Waals surface area contributed by atoms with Crippen LogP contribution in [0, 0.1) is 12.8 Å². The Morgan fingerprint density at radius 1 is 1.50 bits per heavy atom. The Hall–Kier alpha value is -0.830. The normalized spacial score (nSPS) is 19.2. The molecular weight excluding hydrogens is 198 g/mol. The molecule has 1 unspecified atom stereocenters. The highest BCUT2D eigenvalue weighted by molar-refractivity contribution is 5.19. The molecule has 3 heteroatoms. The van der Waals surface area contributed by atoms with E-state index in [2.05, 4.69) is 24.3 Å². The van der Waals surface area contributed by atoms with Crippen molar-refractivity contribution in [2.24, 2.45) is 13.0 Å². The Labute approximate surface area is 98.2 Å². The molecule has 0 radical (unpaired) electrons. The molecule has 1 aliphatic rings. The molecule has 1 aliphatic carbocycles. The van der Waals surface area contributed by atoms with E-state index in [0.717, 1.165) is 12.5 Å². The van der Waals surface area contributed by atoms with E-state index in [1.807, 2.05) is 17.9 Å². The summed E-state index contributed by atoms with van der Waals surface area (Å²) in [5, 5.41) is 7.94. The molecule has 0 aliphatic heterocycles. The predicted octanol–water partition coefficient (Wildman–Crippen LogP) is 2.57. The van der Waals surface area contributed by atoms with Crippen LogP contribution in [0.2, 0.25) is 0 Å². The smallest absolute Gasteiger partial charge is 0.0540 e. The summed E-state index contributed by atoms with van der Waals surface area (Å²) >= 11 is 0. The van der Waals surface area contributed by atoms with Crippen LogP contribution in [0.1, 0.15) is 49.9 Å². The first kappa shape index (κ1) is 11.6. The molecule has 1 aromatic heterocycles. The predicted molar refractivity (Wildman–Crippen MR) is 66.3 cm³/mol. The molecule has 16 heavy (non-hydrogen) atoms. The monoisotopic (exact) mass is 221 g/mol. The SMILES string of the molecule is Cc1c(C(C)NCC2CCCC2)cnn1C. The lowest BCUT2D eigenvalue weighted by molar-refractivity contribution is 0.451. The van der Waals surface area contributed by atoms with Crippen LogP contribution in [0.4, 0.5) is 0 Å². The Morgan fingerprint density at radius 3 is 2.75 bits per heavy atom. The van der Waals surface area contributed by atoms with Crippen LogP contribution in [0.3, 0.4) is 0 Å². The maximum Gasteiger partial charge on any atom is 0.0540 e. The van der Waals surface area contributed by atoms with E-state index >= 15 is 0 Å². The lowest BCUT2D eigenvalue weighted by Crippen LogP contribution is -2.24. The van der Waals surface area contributed by atoms with Crippen molar-refractivity contribution in [1.82, 2.24) is 15.1 Å². The second kappa shape index (κ2) is 5.00. The van der Waals surface area contributed by atoms with Gasteiger partial charge in [-0.05, 0) is 39.2 Å². The standard InChI is InChI=1S/C13H23N3/c1-10(13-9-15-16(3)11(13)2)14-8-12-6-4-5-7-12/h9-10,12,14H,4-8H2,1-3H3. The van der Waals surface area contributed by atoms with E-state index in [1.165, 1.54) is 36.9 Å². The number of hydrogen-bond donors (Lipinski definition) is 1. The second-order valence-electron chi connectivity index (χ2n) is 5.09. The molecule has 0 saturated heterocycles. The maximum atomic E-state index is 4.29. The summed E-state index contributed by atoms with van der Waals surface area (Å²) in [6.45, 7) is 5.53. The topological polar surface area (TPSA) is 29.9 Å². The zero-order valence-corrected chi connectivity index (χ0v) is 10.7. The van der Waals surface area contributed by atoms with Gasteiger partial charge in [0.15, 0.2) is 0 Å². The summed E-state index contributed by atoms with van der Waals surface area (Å²) in [6, 6.07) is 0.425. The Balaban J connectivity index is 1.87. The van der Waals surface area contributed by atoms with Crippen molar-refractivity contribution in [3.05, 3.63) is 17.5 Å². The largest absolute Gasteiger partial charge is 0.310 e. The molecule has 1 saturated carbocycles. The number of nitrogens with one attached hydrogen (secondary N) is 1. The lowest BCUT2D eigenvalue weighted by atomic mass is 10.1. The van der Waals surface area contributed by atoms with Gasteiger partial charge in [0.05, 0.1) is 6.20 Å². The summed E-state index contributed by atoms with van der Waals surface area (Å²) in [7, 11) is 2.00. The van der Waals surface area contributed by atoms with Gasteiger partial charge in [-0.25, -0.2) is 0 Å². The van der Waals surface area contributed by atoms with Crippen LogP contribution in [-0.2, 0) is 7.05 Å². The van der Waals surface area contributed by atoms with Crippen molar-refractivity contribution in [3.8, 4) is 0 Å². The van der Waals surface area contributed by atoms with Gasteiger partial charge in [0.25, 0.3) is 0 Å². The number of aryl methyl sites for hydroxylation is 1. The highest BCUT2D eigenvalue weighted by Gasteiger charge is 2.17. The number of nitrogens with zero attached hydrogens (tertiary/aromatic N) is 2. The molecule has 0 bridgehead atoms. The van der Waals surface area contributed by atoms with Crippen LogP contribution >= 0.6 is 0 Å². The summed E-state index contributed by atoms with van der Waals surface area (Å²) in [5.41, 5.74) is 2.60. The molecular formula is C13H23N3. The molecule has 0 spiro atoms. The van der Waals surface area contributed by atoms with Crippen LogP contribution in [0.25, 0.3) is 0 Å². The third-order valence-electron chi connectivity index (χ3n) is 3.93. The highest BCUT2D eigenvalue weighted by Crippen LogP contribution is 2.25. The van der Waals surface area contributed by atoms with Crippen molar-refractivity contribution in [2.75, 3.05) is 6.54 Å². The van der Waals surface area contributed by atoms with E-state index in [9.17, 15) is 0 Å². The van der Waals surface area contributed by atoms with Gasteiger partial charge in [-0.1, -0.05) is 12.8 Å². The third-order valence-corrected chi connectivity index (χ3v) is 3.93. The summed E-state index contributed by atoms with van der Waals surface area (Å²) in [4.78, 5) is 0. The fourth-order valence-electron chi connectivity index (χ4n) is 2.61. The molecule has 1 N–H and O–H groups in total. The van der Waals surface area contributed by atoms with Gasteiger partial charge in [-0.15, -0.1) is 0 Å². The van der Waals surface area contributed by atoms with E-state index in [0.29, 0.717) is 6.04 Å². The van der Waals surface area contributed by atoms with Gasteiger partial charge in [0.1, 0.15) is 0 Å². The quantitative estimate of drug-likeness (QED) is 0.847. The average Bonchev–Trinajstić information content (AvgIpc) is 2.88. The van der Waals surface area contributed by atoms with E-state index in [4.69, 9.17) is 0 Å². The van der Waals surface area contributed by atoms with Gasteiger partial charge in [-0.2, -0.15) is 5.10 Å². The van der Waals surface area contributed by atoms with E-state index in [1.54, 1.807) is 0 Å². The summed E-state index contributed by atoms with van der Waals surface area (Å²) in [6.07, 6.45) is 7.65. The van der Waals surface area contributed by atoms with Gasteiger partial charge < -0.3 is 5.32 Å². The van der Waals surface area contributed by atoms with Crippen molar-refractivity contribution < 1.29 is 0 Å². The molecule has 0 aromatic carbocycles. The maximum absolute atomic E-state index is 4.29. The van der Waals surface area contributed by atoms with Crippen molar-refractivity contribution in [2.45, 2.75) is 45.6 Å². The van der Waals surface area contributed by atoms with Gasteiger partial charge in [0, 0.05) is 24.3 Å². The molecule has 1 heterocycles. The summed E-state index contributed by atoms with van der Waals surface area (Å²) < 4.78 is 1.95. The Bertz CT molecular complexity index is 337. The number of aromatic nitrogens is 2. The fourth-order valence-corrected chi connectivity index (χ4v) is 2.61.